The summed E-state index contributed by atoms with van der Waals surface area (Å²) in [7, 11) is 0. The summed E-state index contributed by atoms with van der Waals surface area (Å²) in [4.78, 5) is 40.3. The molecule has 0 unspecified atom stereocenters. The lowest BCUT2D eigenvalue weighted by Gasteiger charge is -2.12. The Morgan fingerprint density at radius 3 is 2.62 bits per heavy atom. The zero-order valence-electron chi connectivity index (χ0n) is 16.1. The van der Waals surface area contributed by atoms with E-state index in [0.29, 0.717) is 16.5 Å². The Hall–Kier alpha value is -3.55. The first-order valence-corrected chi connectivity index (χ1v) is 9.38. The van der Waals surface area contributed by atoms with Crippen LogP contribution < -0.4 is 10.9 Å². The Kier molecular flexibility index (Phi) is 6.67. The molecule has 1 N–H and O–H groups in total. The van der Waals surface area contributed by atoms with Crippen LogP contribution in [0.4, 0.5) is 0 Å². The van der Waals surface area contributed by atoms with Gasteiger partial charge in [0, 0.05) is 24.2 Å². The number of ether oxygens (including phenoxy) is 1. The van der Waals surface area contributed by atoms with Crippen molar-refractivity contribution < 1.29 is 14.3 Å². The number of amides is 1. The molecule has 0 spiro atoms. The Labute approximate surface area is 167 Å². The Bertz CT molecular complexity index is 1060. The summed E-state index contributed by atoms with van der Waals surface area (Å²) >= 11 is 0. The normalized spacial score (nSPS) is 10.7. The van der Waals surface area contributed by atoms with Crippen molar-refractivity contribution in [3.8, 4) is 0 Å². The van der Waals surface area contributed by atoms with Crippen LogP contribution in [0.3, 0.4) is 0 Å². The Balaban J connectivity index is 1.79. The van der Waals surface area contributed by atoms with Gasteiger partial charge in [0.15, 0.2) is 0 Å². The number of aromatic nitrogens is 3. The van der Waals surface area contributed by atoms with E-state index >= 15 is 0 Å². The molecular weight excluding hydrogens is 372 g/mol. The van der Waals surface area contributed by atoms with E-state index in [1.165, 1.54) is 4.68 Å². The van der Waals surface area contributed by atoms with Crippen LogP contribution >= 0.6 is 0 Å². The first-order chi connectivity index (χ1) is 14.1. The molecule has 1 aromatic carbocycles. The molecule has 3 aromatic rings. The first kappa shape index (κ1) is 20.2. The molecule has 0 saturated carbocycles. The highest BCUT2D eigenvalue weighted by Crippen LogP contribution is 2.13. The molecular formula is C21H22N4O4. The van der Waals surface area contributed by atoms with Gasteiger partial charge in [-0.2, -0.15) is 5.10 Å². The number of pyridine rings is 1. The molecule has 29 heavy (non-hydrogen) atoms. The van der Waals surface area contributed by atoms with Gasteiger partial charge >= 0.3 is 5.97 Å². The van der Waals surface area contributed by atoms with E-state index in [0.717, 1.165) is 5.56 Å². The zero-order valence-corrected chi connectivity index (χ0v) is 16.1. The van der Waals surface area contributed by atoms with Crippen molar-refractivity contribution in [2.24, 2.45) is 0 Å². The summed E-state index contributed by atoms with van der Waals surface area (Å²) < 4.78 is 6.20. The standard InChI is InChI=1S/C21H22N4O4/c1-2-29-20(27)10-9-19(26)23-13-18-16-7-3-4-8-17(16)21(28)25(24-18)14-15-6-5-11-22-12-15/h3-8,11-12H,2,9-10,13-14H2,1H3,(H,23,26). The van der Waals surface area contributed by atoms with Crippen molar-refractivity contribution >= 4 is 22.6 Å². The van der Waals surface area contributed by atoms with Crippen LogP contribution in [0.2, 0.25) is 0 Å². The maximum Gasteiger partial charge on any atom is 0.306 e. The van der Waals surface area contributed by atoms with E-state index < -0.39 is 5.97 Å². The lowest BCUT2D eigenvalue weighted by Crippen LogP contribution is -2.29. The molecule has 0 aliphatic heterocycles. The van der Waals surface area contributed by atoms with Gasteiger partial charge in [0.2, 0.25) is 5.91 Å². The van der Waals surface area contributed by atoms with Gasteiger partial charge in [-0.1, -0.05) is 24.3 Å². The highest BCUT2D eigenvalue weighted by molar-refractivity contribution is 5.85. The Morgan fingerprint density at radius 2 is 1.90 bits per heavy atom. The quantitative estimate of drug-likeness (QED) is 0.585. The largest absolute Gasteiger partial charge is 0.466 e. The number of benzene rings is 1. The predicted octanol–water partition coefficient (Wildman–Crippen LogP) is 1.80. The van der Waals surface area contributed by atoms with Gasteiger partial charge in [-0.05, 0) is 24.6 Å². The average Bonchev–Trinajstić information content (AvgIpc) is 2.74. The molecule has 8 heteroatoms. The Morgan fingerprint density at radius 1 is 1.10 bits per heavy atom. The minimum Gasteiger partial charge on any atom is -0.466 e. The summed E-state index contributed by atoms with van der Waals surface area (Å²) in [5.74, 6) is -0.690. The van der Waals surface area contributed by atoms with Crippen LogP contribution in [0.15, 0.2) is 53.6 Å². The highest BCUT2D eigenvalue weighted by atomic mass is 16.5. The summed E-state index contributed by atoms with van der Waals surface area (Å²) in [6, 6.07) is 10.8. The number of hydrogen-bond donors (Lipinski definition) is 1. The molecule has 0 fully saturated rings. The minimum absolute atomic E-state index is 0.0222. The highest BCUT2D eigenvalue weighted by Gasteiger charge is 2.13. The fourth-order valence-electron chi connectivity index (χ4n) is 2.93. The van der Waals surface area contributed by atoms with Crippen molar-refractivity contribution in [2.75, 3.05) is 6.61 Å². The third kappa shape index (κ3) is 5.25. The van der Waals surface area contributed by atoms with Gasteiger partial charge in [0.1, 0.15) is 0 Å². The molecule has 2 aromatic heterocycles. The van der Waals surface area contributed by atoms with Gasteiger partial charge in [-0.15, -0.1) is 0 Å². The van der Waals surface area contributed by atoms with Crippen molar-refractivity contribution in [2.45, 2.75) is 32.9 Å². The minimum atomic E-state index is -0.406. The topological polar surface area (TPSA) is 103 Å². The fourth-order valence-corrected chi connectivity index (χ4v) is 2.93. The van der Waals surface area contributed by atoms with Crippen LogP contribution in [-0.2, 0) is 27.4 Å². The van der Waals surface area contributed by atoms with Crippen molar-refractivity contribution in [3.63, 3.8) is 0 Å². The van der Waals surface area contributed by atoms with Crippen molar-refractivity contribution in [3.05, 3.63) is 70.4 Å². The second-order valence-electron chi connectivity index (χ2n) is 6.40. The SMILES string of the molecule is CCOC(=O)CCC(=O)NCc1nn(Cc2cccnc2)c(=O)c2ccccc12. The number of carbonyl (C=O) groups is 2. The first-order valence-electron chi connectivity index (χ1n) is 9.38. The molecule has 0 saturated heterocycles. The third-order valence-electron chi connectivity index (χ3n) is 4.31. The van der Waals surface area contributed by atoms with Crippen LogP contribution in [0, 0.1) is 0 Å². The maximum absolute atomic E-state index is 12.8. The number of nitrogens with one attached hydrogen (secondary N) is 1. The molecule has 0 radical (unpaired) electrons. The predicted molar refractivity (Wildman–Crippen MR) is 107 cm³/mol. The maximum atomic E-state index is 12.8. The number of carbonyl (C=O) groups excluding carboxylic acids is 2. The zero-order chi connectivity index (χ0) is 20.6. The number of hydrogen-bond acceptors (Lipinski definition) is 6. The second-order valence-corrected chi connectivity index (χ2v) is 6.40. The van der Waals surface area contributed by atoms with Gasteiger partial charge in [-0.25, -0.2) is 4.68 Å². The van der Waals surface area contributed by atoms with Crippen LogP contribution in [-0.4, -0.2) is 33.2 Å². The van der Waals surface area contributed by atoms with E-state index in [9.17, 15) is 14.4 Å². The number of fused-ring (bicyclic) bond motifs is 1. The molecule has 1 amide bonds. The molecule has 8 nitrogen and oxygen atoms in total. The second kappa shape index (κ2) is 9.59. The summed E-state index contributed by atoms with van der Waals surface area (Å²) in [6.45, 7) is 2.43. The van der Waals surface area contributed by atoms with E-state index in [-0.39, 0.29) is 44.0 Å². The monoisotopic (exact) mass is 394 g/mol. The fraction of sp³-hybridized carbons (Fsp3) is 0.286. The molecule has 0 atom stereocenters. The van der Waals surface area contributed by atoms with Gasteiger partial charge in [0.05, 0.1) is 37.2 Å². The van der Waals surface area contributed by atoms with E-state index in [1.54, 1.807) is 43.6 Å². The molecule has 0 aliphatic rings. The van der Waals surface area contributed by atoms with Crippen LogP contribution in [0.5, 0.6) is 0 Å². The lowest BCUT2D eigenvalue weighted by atomic mass is 10.1. The molecule has 3 rings (SSSR count). The lowest BCUT2D eigenvalue weighted by molar-refractivity contribution is -0.144. The molecule has 2 heterocycles. The molecule has 0 aliphatic carbocycles. The molecule has 0 bridgehead atoms. The smallest absolute Gasteiger partial charge is 0.306 e. The van der Waals surface area contributed by atoms with E-state index in [2.05, 4.69) is 15.4 Å². The van der Waals surface area contributed by atoms with E-state index in [4.69, 9.17) is 4.74 Å². The average molecular weight is 394 g/mol. The third-order valence-corrected chi connectivity index (χ3v) is 4.31. The summed E-state index contributed by atoms with van der Waals surface area (Å²) in [5.41, 5.74) is 1.22. The van der Waals surface area contributed by atoms with E-state index in [1.807, 2.05) is 12.1 Å². The van der Waals surface area contributed by atoms with Crippen molar-refractivity contribution in [1.82, 2.24) is 20.1 Å². The number of esters is 1. The summed E-state index contributed by atoms with van der Waals surface area (Å²) in [5, 5.41) is 8.44. The number of rotatable bonds is 8. The van der Waals surface area contributed by atoms with Crippen LogP contribution in [0.25, 0.3) is 10.8 Å². The summed E-state index contributed by atoms with van der Waals surface area (Å²) in [6.07, 6.45) is 3.40. The van der Waals surface area contributed by atoms with Gasteiger partial charge < -0.3 is 10.1 Å². The molecule has 150 valence electrons. The van der Waals surface area contributed by atoms with Gasteiger partial charge in [0.25, 0.3) is 5.56 Å². The number of nitrogens with zero attached hydrogens (tertiary/aromatic N) is 3. The van der Waals surface area contributed by atoms with Gasteiger partial charge in [-0.3, -0.25) is 19.4 Å². The van der Waals surface area contributed by atoms with Crippen molar-refractivity contribution in [1.29, 1.82) is 0 Å². The van der Waals surface area contributed by atoms with Crippen LogP contribution in [0.1, 0.15) is 31.0 Å².